The fourth-order valence-electron chi connectivity index (χ4n) is 3.71. The van der Waals surface area contributed by atoms with Gasteiger partial charge in [-0.2, -0.15) is 0 Å². The van der Waals surface area contributed by atoms with Crippen LogP contribution < -0.4 is 0 Å². The van der Waals surface area contributed by atoms with Gasteiger partial charge in [0.05, 0.1) is 5.41 Å². The maximum atomic E-state index is 12.1. The van der Waals surface area contributed by atoms with Crippen molar-refractivity contribution in [3.63, 3.8) is 0 Å². The predicted molar refractivity (Wildman–Crippen MR) is 59.3 cm³/mol. The smallest absolute Gasteiger partial charge is 0.348 e. The zero-order chi connectivity index (χ0) is 12.1. The molecule has 3 rings (SSSR count). The standard InChI is InChI=1S/C13H18O4/c14-10(15)13(9-4-3-5-9)8-12(11(16)17-13)6-1-2-7-12/h9H,1-8H2,(H,14,15). The van der Waals surface area contributed by atoms with Crippen molar-refractivity contribution in [2.45, 2.75) is 57.0 Å². The summed E-state index contributed by atoms with van der Waals surface area (Å²) in [6.45, 7) is 0. The molecule has 4 nitrogen and oxygen atoms in total. The molecule has 1 N–H and O–H groups in total. The van der Waals surface area contributed by atoms with E-state index in [9.17, 15) is 14.7 Å². The lowest BCUT2D eigenvalue weighted by molar-refractivity contribution is -0.180. The quantitative estimate of drug-likeness (QED) is 0.748. The number of carbonyl (C=O) groups is 2. The summed E-state index contributed by atoms with van der Waals surface area (Å²) in [5, 5.41) is 9.48. The second kappa shape index (κ2) is 3.47. The Hall–Kier alpha value is -1.06. The Kier molecular flexibility index (Phi) is 2.25. The average Bonchev–Trinajstić information content (AvgIpc) is 2.73. The molecule has 3 aliphatic rings. The first kappa shape index (κ1) is 11.1. The molecule has 1 aliphatic heterocycles. The van der Waals surface area contributed by atoms with Crippen LogP contribution in [0.3, 0.4) is 0 Å². The zero-order valence-electron chi connectivity index (χ0n) is 9.91. The highest BCUT2D eigenvalue weighted by molar-refractivity contribution is 5.89. The monoisotopic (exact) mass is 238 g/mol. The van der Waals surface area contributed by atoms with Crippen LogP contribution in [0, 0.1) is 11.3 Å². The summed E-state index contributed by atoms with van der Waals surface area (Å²) in [7, 11) is 0. The number of rotatable bonds is 2. The molecule has 94 valence electrons. The molecular weight excluding hydrogens is 220 g/mol. The van der Waals surface area contributed by atoms with Gasteiger partial charge in [0.2, 0.25) is 5.60 Å². The van der Waals surface area contributed by atoms with Gasteiger partial charge in [-0.1, -0.05) is 19.3 Å². The number of cyclic esters (lactones) is 1. The summed E-state index contributed by atoms with van der Waals surface area (Å²) in [6.07, 6.45) is 6.92. The third-order valence-electron chi connectivity index (χ3n) is 5.00. The Labute approximate surface area is 100 Å². The van der Waals surface area contributed by atoms with Crippen LogP contribution in [-0.2, 0) is 14.3 Å². The van der Waals surface area contributed by atoms with Gasteiger partial charge < -0.3 is 9.84 Å². The van der Waals surface area contributed by atoms with E-state index in [1.165, 1.54) is 0 Å². The van der Waals surface area contributed by atoms with Gasteiger partial charge in [0.1, 0.15) is 0 Å². The van der Waals surface area contributed by atoms with E-state index < -0.39 is 17.0 Å². The zero-order valence-corrected chi connectivity index (χ0v) is 9.91. The van der Waals surface area contributed by atoms with Crippen LogP contribution in [0.15, 0.2) is 0 Å². The van der Waals surface area contributed by atoms with Crippen LogP contribution in [0.5, 0.6) is 0 Å². The molecule has 2 saturated carbocycles. The van der Waals surface area contributed by atoms with Crippen molar-refractivity contribution >= 4 is 11.9 Å². The van der Waals surface area contributed by atoms with Gasteiger partial charge in [0.15, 0.2) is 0 Å². The molecule has 17 heavy (non-hydrogen) atoms. The van der Waals surface area contributed by atoms with Crippen molar-refractivity contribution in [1.29, 1.82) is 0 Å². The Morgan fingerprint density at radius 1 is 1.24 bits per heavy atom. The first-order valence-corrected chi connectivity index (χ1v) is 6.56. The van der Waals surface area contributed by atoms with Crippen molar-refractivity contribution in [3.05, 3.63) is 0 Å². The summed E-state index contributed by atoms with van der Waals surface area (Å²) in [4.78, 5) is 23.6. The minimum atomic E-state index is -1.19. The SMILES string of the molecule is O=C1OC(C(=O)O)(C2CCC2)CC12CCCC2. The van der Waals surface area contributed by atoms with Crippen molar-refractivity contribution in [3.8, 4) is 0 Å². The molecule has 0 radical (unpaired) electrons. The molecule has 1 unspecified atom stereocenters. The molecule has 1 saturated heterocycles. The number of aliphatic carboxylic acids is 1. The fourth-order valence-corrected chi connectivity index (χ4v) is 3.71. The minimum absolute atomic E-state index is 0.0453. The summed E-state index contributed by atoms with van der Waals surface area (Å²) in [5.74, 6) is -1.13. The summed E-state index contributed by atoms with van der Waals surface area (Å²) >= 11 is 0. The lowest BCUT2D eigenvalue weighted by Crippen LogP contribution is -2.48. The maximum Gasteiger partial charge on any atom is 0.348 e. The highest BCUT2D eigenvalue weighted by Crippen LogP contribution is 2.56. The molecule has 1 spiro atoms. The third kappa shape index (κ3) is 1.36. The van der Waals surface area contributed by atoms with E-state index in [2.05, 4.69) is 0 Å². The Morgan fingerprint density at radius 3 is 2.35 bits per heavy atom. The largest absolute Gasteiger partial charge is 0.478 e. The molecule has 1 atom stereocenters. The van der Waals surface area contributed by atoms with Gasteiger partial charge in [-0.3, -0.25) is 4.79 Å². The lowest BCUT2D eigenvalue weighted by atomic mass is 9.67. The molecular formula is C13H18O4. The number of carboxylic acid groups (broad SMARTS) is 1. The van der Waals surface area contributed by atoms with Crippen molar-refractivity contribution in [2.75, 3.05) is 0 Å². The van der Waals surface area contributed by atoms with Gasteiger partial charge in [-0.15, -0.1) is 0 Å². The minimum Gasteiger partial charge on any atom is -0.478 e. The van der Waals surface area contributed by atoms with Gasteiger partial charge in [0.25, 0.3) is 0 Å². The number of esters is 1. The van der Waals surface area contributed by atoms with E-state index in [-0.39, 0.29) is 11.9 Å². The van der Waals surface area contributed by atoms with E-state index in [4.69, 9.17) is 4.74 Å². The van der Waals surface area contributed by atoms with Gasteiger partial charge in [-0.05, 0) is 25.7 Å². The second-order valence-electron chi connectivity index (χ2n) is 5.88. The Bertz CT molecular complexity index is 366. The highest BCUT2D eigenvalue weighted by atomic mass is 16.6. The molecule has 0 aromatic rings. The van der Waals surface area contributed by atoms with E-state index in [1.54, 1.807) is 0 Å². The van der Waals surface area contributed by atoms with E-state index in [0.717, 1.165) is 44.9 Å². The molecule has 2 aliphatic carbocycles. The normalized spacial score (nSPS) is 35.9. The molecule has 0 aromatic heterocycles. The highest BCUT2D eigenvalue weighted by Gasteiger charge is 2.64. The lowest BCUT2D eigenvalue weighted by Gasteiger charge is -2.38. The molecule has 4 heteroatoms. The fraction of sp³-hybridized carbons (Fsp3) is 0.846. The average molecular weight is 238 g/mol. The van der Waals surface area contributed by atoms with Crippen molar-refractivity contribution in [2.24, 2.45) is 11.3 Å². The number of hydrogen-bond acceptors (Lipinski definition) is 3. The summed E-state index contributed by atoms with van der Waals surface area (Å²) < 4.78 is 5.41. The van der Waals surface area contributed by atoms with E-state index in [1.807, 2.05) is 0 Å². The van der Waals surface area contributed by atoms with Crippen molar-refractivity contribution < 1.29 is 19.4 Å². The van der Waals surface area contributed by atoms with Crippen LogP contribution in [0.1, 0.15) is 51.4 Å². The summed E-state index contributed by atoms with van der Waals surface area (Å²) in [6, 6.07) is 0. The van der Waals surface area contributed by atoms with Crippen LogP contribution in [-0.4, -0.2) is 22.6 Å². The van der Waals surface area contributed by atoms with Crippen LogP contribution in [0.4, 0.5) is 0 Å². The van der Waals surface area contributed by atoms with E-state index >= 15 is 0 Å². The first-order chi connectivity index (χ1) is 8.09. The molecule has 1 heterocycles. The van der Waals surface area contributed by atoms with Gasteiger partial charge in [-0.25, -0.2) is 4.79 Å². The van der Waals surface area contributed by atoms with Crippen LogP contribution in [0.25, 0.3) is 0 Å². The summed E-state index contributed by atoms with van der Waals surface area (Å²) in [5.41, 5.74) is -1.66. The van der Waals surface area contributed by atoms with Gasteiger partial charge in [0, 0.05) is 12.3 Å². The first-order valence-electron chi connectivity index (χ1n) is 6.56. The molecule has 0 bridgehead atoms. The maximum absolute atomic E-state index is 12.1. The molecule has 0 aromatic carbocycles. The third-order valence-corrected chi connectivity index (χ3v) is 5.00. The van der Waals surface area contributed by atoms with Gasteiger partial charge >= 0.3 is 11.9 Å². The second-order valence-corrected chi connectivity index (χ2v) is 5.88. The van der Waals surface area contributed by atoms with E-state index in [0.29, 0.717) is 6.42 Å². The number of carboxylic acids is 1. The molecule has 0 amide bonds. The van der Waals surface area contributed by atoms with Crippen molar-refractivity contribution in [1.82, 2.24) is 0 Å². The predicted octanol–water partition coefficient (Wildman–Crippen LogP) is 2.12. The van der Waals surface area contributed by atoms with Crippen LogP contribution >= 0.6 is 0 Å². The topological polar surface area (TPSA) is 63.6 Å². The Balaban J connectivity index is 1.92. The number of hydrogen-bond donors (Lipinski definition) is 1. The number of ether oxygens (including phenoxy) is 1. The van der Waals surface area contributed by atoms with Crippen LogP contribution in [0.2, 0.25) is 0 Å². The number of carbonyl (C=O) groups excluding carboxylic acids is 1. The Morgan fingerprint density at radius 2 is 1.88 bits per heavy atom. The molecule has 3 fully saturated rings.